The highest BCUT2D eigenvalue weighted by molar-refractivity contribution is 7.20. The molecular weight excluding hydrogens is 376 g/mol. The van der Waals surface area contributed by atoms with Gasteiger partial charge in [-0.15, -0.1) is 11.3 Å². The Morgan fingerprint density at radius 2 is 1.86 bits per heavy atom. The molecule has 0 aromatic carbocycles. The van der Waals surface area contributed by atoms with E-state index in [9.17, 15) is 14.4 Å². The van der Waals surface area contributed by atoms with Gasteiger partial charge in [0.1, 0.15) is 10.7 Å². The number of rotatable bonds is 4. The third-order valence-electron chi connectivity index (χ3n) is 5.70. The van der Waals surface area contributed by atoms with E-state index < -0.39 is 0 Å². The van der Waals surface area contributed by atoms with Crippen molar-refractivity contribution in [3.05, 3.63) is 26.6 Å². The van der Waals surface area contributed by atoms with Gasteiger partial charge in [-0.2, -0.15) is 0 Å². The molecule has 2 aliphatic rings. The molecule has 2 aromatic rings. The summed E-state index contributed by atoms with van der Waals surface area (Å²) in [6, 6.07) is 0. The predicted octanol–water partition coefficient (Wildman–Crippen LogP) is 2.24. The van der Waals surface area contributed by atoms with Crippen LogP contribution in [-0.2, 0) is 17.8 Å². The van der Waals surface area contributed by atoms with Crippen molar-refractivity contribution in [1.29, 1.82) is 0 Å². The second-order valence-electron chi connectivity index (χ2n) is 7.63. The summed E-state index contributed by atoms with van der Waals surface area (Å²) in [5.74, 6) is 0.689. The number of nitrogens with zero attached hydrogens (tertiary/aromatic N) is 3. The summed E-state index contributed by atoms with van der Waals surface area (Å²) in [4.78, 5) is 45.4. The molecule has 1 saturated heterocycles. The maximum atomic E-state index is 12.7. The Kier molecular flexibility index (Phi) is 5.48. The molecule has 2 aliphatic heterocycles. The molecule has 0 radical (unpaired) electrons. The van der Waals surface area contributed by atoms with E-state index in [1.54, 1.807) is 11.5 Å². The monoisotopic (exact) mass is 402 g/mol. The van der Waals surface area contributed by atoms with E-state index in [1.165, 1.54) is 24.2 Å². The van der Waals surface area contributed by atoms with Gasteiger partial charge in [0, 0.05) is 39.0 Å². The van der Waals surface area contributed by atoms with Gasteiger partial charge in [0.05, 0.1) is 10.3 Å². The molecular formula is C20H26N4O3S. The Morgan fingerprint density at radius 1 is 1.11 bits per heavy atom. The van der Waals surface area contributed by atoms with Crippen molar-refractivity contribution >= 4 is 33.4 Å². The Hall–Kier alpha value is -2.22. The molecule has 2 amide bonds. The normalized spacial score (nSPS) is 16.8. The first-order valence-corrected chi connectivity index (χ1v) is 11.0. The van der Waals surface area contributed by atoms with E-state index in [1.807, 2.05) is 4.90 Å². The van der Waals surface area contributed by atoms with Crippen molar-refractivity contribution in [2.75, 3.05) is 19.6 Å². The van der Waals surface area contributed by atoms with E-state index in [0.29, 0.717) is 40.2 Å². The lowest BCUT2D eigenvalue weighted by molar-refractivity contribution is -0.131. The fourth-order valence-electron chi connectivity index (χ4n) is 4.13. The van der Waals surface area contributed by atoms with Crippen LogP contribution in [0.1, 0.15) is 59.6 Å². The zero-order valence-corrected chi connectivity index (χ0v) is 17.1. The summed E-state index contributed by atoms with van der Waals surface area (Å²) < 4.78 is 1.73. The van der Waals surface area contributed by atoms with Gasteiger partial charge in [-0.25, -0.2) is 4.98 Å². The zero-order valence-electron chi connectivity index (χ0n) is 16.3. The second-order valence-corrected chi connectivity index (χ2v) is 8.62. The molecule has 150 valence electrons. The number of fused-ring (bicyclic) bond motifs is 2. The van der Waals surface area contributed by atoms with E-state index in [-0.39, 0.29) is 17.4 Å². The number of thiophene rings is 1. The first-order chi connectivity index (χ1) is 13.6. The smallest absolute Gasteiger partial charge is 0.262 e. The van der Waals surface area contributed by atoms with E-state index in [2.05, 4.69) is 10.3 Å². The van der Waals surface area contributed by atoms with E-state index >= 15 is 0 Å². The second kappa shape index (κ2) is 8.03. The number of aromatic nitrogens is 2. The third kappa shape index (κ3) is 3.57. The minimum atomic E-state index is -0.228. The molecule has 0 atom stereocenters. The minimum absolute atomic E-state index is 0.0401. The lowest BCUT2D eigenvalue weighted by Crippen LogP contribution is -2.35. The standard InChI is InChI=1S/C20H26N4O3S/c1-13-16-19(22-14-7-6-12-24(14)20(16)27)28-17(13)18(26)21-9-8-15(25)23-10-4-2-3-5-11-23/h2-12H2,1H3,(H,21,26). The number of carbonyl (C=O) groups is 2. The van der Waals surface area contributed by atoms with Gasteiger partial charge in [0.15, 0.2) is 0 Å². The van der Waals surface area contributed by atoms with Crippen molar-refractivity contribution in [3.63, 3.8) is 0 Å². The number of aryl methyl sites for hydroxylation is 2. The van der Waals surface area contributed by atoms with Crippen molar-refractivity contribution < 1.29 is 9.59 Å². The fraction of sp³-hybridized carbons (Fsp3) is 0.600. The molecule has 4 heterocycles. The van der Waals surface area contributed by atoms with Crippen LogP contribution in [0.4, 0.5) is 0 Å². The van der Waals surface area contributed by atoms with E-state index in [0.717, 1.165) is 44.6 Å². The van der Waals surface area contributed by atoms with Crippen LogP contribution in [0, 0.1) is 6.92 Å². The average Bonchev–Trinajstić information content (AvgIpc) is 3.16. The van der Waals surface area contributed by atoms with Crippen molar-refractivity contribution in [3.8, 4) is 0 Å². The lowest BCUT2D eigenvalue weighted by Gasteiger charge is -2.20. The molecule has 1 fully saturated rings. The summed E-state index contributed by atoms with van der Waals surface area (Å²) in [6.07, 6.45) is 6.55. The van der Waals surface area contributed by atoms with Crippen LogP contribution in [0.15, 0.2) is 4.79 Å². The highest BCUT2D eigenvalue weighted by atomic mass is 32.1. The topological polar surface area (TPSA) is 84.3 Å². The fourth-order valence-corrected chi connectivity index (χ4v) is 5.24. The van der Waals surface area contributed by atoms with E-state index in [4.69, 9.17) is 0 Å². The largest absolute Gasteiger partial charge is 0.351 e. The quantitative estimate of drug-likeness (QED) is 0.850. The highest BCUT2D eigenvalue weighted by Crippen LogP contribution is 2.28. The molecule has 0 unspecified atom stereocenters. The van der Waals surface area contributed by atoms with Crippen LogP contribution in [-0.4, -0.2) is 45.9 Å². The molecule has 0 aliphatic carbocycles. The molecule has 7 nitrogen and oxygen atoms in total. The molecule has 28 heavy (non-hydrogen) atoms. The molecule has 0 bridgehead atoms. The summed E-state index contributed by atoms with van der Waals surface area (Å²) in [7, 11) is 0. The summed E-state index contributed by atoms with van der Waals surface area (Å²) in [5, 5.41) is 3.41. The number of likely N-dealkylation sites (tertiary alicyclic amines) is 1. The minimum Gasteiger partial charge on any atom is -0.351 e. The van der Waals surface area contributed by atoms with Gasteiger partial charge < -0.3 is 10.2 Å². The Labute approximate surface area is 167 Å². The van der Waals surface area contributed by atoms with Crippen LogP contribution in [0.3, 0.4) is 0 Å². The predicted molar refractivity (Wildman–Crippen MR) is 109 cm³/mol. The molecule has 2 aromatic heterocycles. The highest BCUT2D eigenvalue weighted by Gasteiger charge is 2.23. The zero-order chi connectivity index (χ0) is 19.7. The number of carbonyl (C=O) groups excluding carboxylic acids is 2. The van der Waals surface area contributed by atoms with Crippen LogP contribution in [0.5, 0.6) is 0 Å². The Bertz CT molecular complexity index is 970. The van der Waals surface area contributed by atoms with Crippen LogP contribution < -0.4 is 10.9 Å². The third-order valence-corrected chi connectivity index (χ3v) is 6.89. The lowest BCUT2D eigenvalue weighted by atomic mass is 10.2. The first-order valence-electron chi connectivity index (χ1n) is 10.1. The Morgan fingerprint density at radius 3 is 2.61 bits per heavy atom. The van der Waals surface area contributed by atoms with Crippen molar-refractivity contribution in [2.24, 2.45) is 0 Å². The van der Waals surface area contributed by atoms with Gasteiger partial charge in [-0.3, -0.25) is 19.0 Å². The Balaban J connectivity index is 1.43. The van der Waals surface area contributed by atoms with Crippen molar-refractivity contribution in [2.45, 2.75) is 58.4 Å². The van der Waals surface area contributed by atoms with Crippen LogP contribution in [0.25, 0.3) is 10.2 Å². The van der Waals surface area contributed by atoms with Gasteiger partial charge in [-0.1, -0.05) is 12.8 Å². The summed E-state index contributed by atoms with van der Waals surface area (Å²) in [6.45, 7) is 4.46. The first kappa shape index (κ1) is 19.1. The number of hydrogen-bond donors (Lipinski definition) is 1. The van der Waals surface area contributed by atoms with Crippen LogP contribution in [0.2, 0.25) is 0 Å². The van der Waals surface area contributed by atoms with Gasteiger partial charge >= 0.3 is 0 Å². The molecule has 0 saturated carbocycles. The maximum absolute atomic E-state index is 12.7. The van der Waals surface area contributed by atoms with Gasteiger partial charge in [-0.05, 0) is 31.7 Å². The average molecular weight is 403 g/mol. The number of nitrogens with one attached hydrogen (secondary N) is 1. The maximum Gasteiger partial charge on any atom is 0.262 e. The SMILES string of the molecule is Cc1c(C(=O)NCCC(=O)N2CCCCCC2)sc2nc3n(c(=O)c12)CCC3. The summed E-state index contributed by atoms with van der Waals surface area (Å²) in [5.41, 5.74) is 0.651. The number of amides is 2. The molecule has 8 heteroatoms. The van der Waals surface area contributed by atoms with Gasteiger partial charge in [0.25, 0.3) is 11.5 Å². The van der Waals surface area contributed by atoms with Gasteiger partial charge in [0.2, 0.25) is 5.91 Å². The molecule has 0 spiro atoms. The molecule has 4 rings (SSSR count). The van der Waals surface area contributed by atoms with Crippen molar-refractivity contribution in [1.82, 2.24) is 19.8 Å². The summed E-state index contributed by atoms with van der Waals surface area (Å²) >= 11 is 1.27. The number of hydrogen-bond acceptors (Lipinski definition) is 5. The van der Waals surface area contributed by atoms with Crippen LogP contribution >= 0.6 is 11.3 Å². The molecule has 1 N–H and O–H groups in total.